The molecule has 33 heavy (non-hydrogen) atoms. The number of nitrogens with zero attached hydrogens (tertiary/aromatic N) is 2. The van der Waals surface area contributed by atoms with Crippen LogP contribution in [0.25, 0.3) is 0 Å². The lowest BCUT2D eigenvalue weighted by atomic mass is 9.93. The number of esters is 1. The third-order valence-corrected chi connectivity index (χ3v) is 6.71. The lowest BCUT2D eigenvalue weighted by Crippen LogP contribution is -2.38. The second-order valence-electron chi connectivity index (χ2n) is 8.00. The molecule has 0 radical (unpaired) electrons. The van der Waals surface area contributed by atoms with Gasteiger partial charge in [-0.3, -0.25) is 4.79 Å². The molecule has 0 bridgehead atoms. The monoisotopic (exact) mass is 471 g/mol. The lowest BCUT2D eigenvalue weighted by molar-refractivity contribution is -0.139. The Morgan fingerprint density at radius 2 is 2.09 bits per heavy atom. The van der Waals surface area contributed by atoms with E-state index in [2.05, 4.69) is 10.3 Å². The van der Waals surface area contributed by atoms with E-state index in [-0.39, 0.29) is 25.0 Å². The number of thioether (sulfide) groups is 1. The summed E-state index contributed by atoms with van der Waals surface area (Å²) in [5.41, 5.74) is 2.77. The van der Waals surface area contributed by atoms with Gasteiger partial charge in [0.05, 0.1) is 43.6 Å². The molecule has 1 N–H and O–H groups in total. The molecule has 2 atom stereocenters. The summed E-state index contributed by atoms with van der Waals surface area (Å²) >= 11 is 1.45. The first kappa shape index (κ1) is 23.4. The van der Waals surface area contributed by atoms with Gasteiger partial charge in [-0.1, -0.05) is 23.9 Å². The van der Waals surface area contributed by atoms with Crippen LogP contribution in [0.1, 0.15) is 44.7 Å². The summed E-state index contributed by atoms with van der Waals surface area (Å²) in [5, 5.41) is 5.65. The Labute approximate surface area is 198 Å². The summed E-state index contributed by atoms with van der Waals surface area (Å²) in [4.78, 5) is 32.3. The Balaban J connectivity index is 1.60. The SMILES string of the molecule is CCOC(=O)C1=C(C)N=C2SC=C(CC(=O)NC[C@H]3CCCO3)N2[C@@H]1c1ccc(OC)cc1. The Kier molecular flexibility index (Phi) is 7.39. The molecular formula is C24H29N3O5S. The molecule has 9 heteroatoms. The molecule has 1 amide bonds. The Bertz CT molecular complexity index is 996. The Morgan fingerprint density at radius 3 is 2.76 bits per heavy atom. The van der Waals surface area contributed by atoms with E-state index in [9.17, 15) is 9.59 Å². The normalized spacial score (nSPS) is 22.0. The maximum Gasteiger partial charge on any atom is 0.338 e. The fraction of sp³-hybridized carbons (Fsp3) is 0.458. The van der Waals surface area contributed by atoms with Gasteiger partial charge in [-0.15, -0.1) is 0 Å². The quantitative estimate of drug-likeness (QED) is 0.580. The van der Waals surface area contributed by atoms with E-state index in [1.165, 1.54) is 11.8 Å². The van der Waals surface area contributed by atoms with Gasteiger partial charge in [0.2, 0.25) is 5.91 Å². The van der Waals surface area contributed by atoms with Crippen molar-refractivity contribution in [2.75, 3.05) is 26.9 Å². The standard InChI is InChI=1S/C24H29N3O5S/c1-4-31-23(29)21-15(2)26-24-27(22(21)16-7-9-18(30-3)10-8-16)17(14-33-24)12-20(28)25-13-19-6-5-11-32-19/h7-10,14,19,22H,4-6,11-13H2,1-3H3,(H,25,28)/t19-,22-/m1/s1. The van der Waals surface area contributed by atoms with Gasteiger partial charge in [0.15, 0.2) is 5.17 Å². The van der Waals surface area contributed by atoms with Gasteiger partial charge >= 0.3 is 5.97 Å². The van der Waals surface area contributed by atoms with Crippen LogP contribution < -0.4 is 10.1 Å². The largest absolute Gasteiger partial charge is 0.497 e. The van der Waals surface area contributed by atoms with E-state index >= 15 is 0 Å². The average molecular weight is 472 g/mol. The van der Waals surface area contributed by atoms with Crippen LogP contribution in [0.5, 0.6) is 5.75 Å². The first-order valence-corrected chi connectivity index (χ1v) is 12.0. The molecule has 0 saturated carbocycles. The number of benzene rings is 1. The number of carbonyl (C=O) groups is 2. The third-order valence-electron chi connectivity index (χ3n) is 5.82. The van der Waals surface area contributed by atoms with E-state index in [4.69, 9.17) is 14.2 Å². The molecule has 0 spiro atoms. The number of allylic oxidation sites excluding steroid dienone is 1. The summed E-state index contributed by atoms with van der Waals surface area (Å²) in [6.45, 7) is 5.13. The maximum atomic E-state index is 13.0. The minimum atomic E-state index is -0.449. The second kappa shape index (κ2) is 10.4. The van der Waals surface area contributed by atoms with Crippen molar-refractivity contribution in [1.29, 1.82) is 0 Å². The fourth-order valence-electron chi connectivity index (χ4n) is 4.20. The van der Waals surface area contributed by atoms with Crippen molar-refractivity contribution < 1.29 is 23.8 Å². The molecule has 0 unspecified atom stereocenters. The van der Waals surface area contributed by atoms with E-state index in [0.717, 1.165) is 41.6 Å². The summed E-state index contributed by atoms with van der Waals surface area (Å²) in [5.74, 6) is 0.232. The summed E-state index contributed by atoms with van der Waals surface area (Å²) in [6.07, 6.45) is 2.26. The van der Waals surface area contributed by atoms with Gasteiger partial charge in [0.25, 0.3) is 0 Å². The highest BCUT2D eigenvalue weighted by atomic mass is 32.2. The Morgan fingerprint density at radius 1 is 1.30 bits per heavy atom. The Hall–Kier alpha value is -2.78. The van der Waals surface area contributed by atoms with E-state index in [1.54, 1.807) is 14.0 Å². The van der Waals surface area contributed by atoms with Crippen LogP contribution in [0.15, 0.2) is 51.6 Å². The number of hydrogen-bond acceptors (Lipinski definition) is 8. The number of carbonyl (C=O) groups excluding carboxylic acids is 2. The fourth-order valence-corrected chi connectivity index (χ4v) is 5.17. The molecule has 1 aromatic carbocycles. The molecular weight excluding hydrogens is 442 g/mol. The number of fused-ring (bicyclic) bond motifs is 1. The number of ether oxygens (including phenoxy) is 3. The number of hydrogen-bond donors (Lipinski definition) is 1. The number of amides is 1. The molecule has 1 fully saturated rings. The maximum absolute atomic E-state index is 13.0. The van der Waals surface area contributed by atoms with Crippen molar-refractivity contribution >= 4 is 28.8 Å². The molecule has 3 aliphatic rings. The molecule has 1 aromatic rings. The van der Waals surface area contributed by atoms with Crippen LogP contribution in [-0.2, 0) is 19.1 Å². The van der Waals surface area contributed by atoms with Crippen molar-refractivity contribution in [3.63, 3.8) is 0 Å². The third kappa shape index (κ3) is 5.09. The van der Waals surface area contributed by atoms with Gasteiger partial charge in [-0.25, -0.2) is 9.79 Å². The highest BCUT2D eigenvalue weighted by molar-refractivity contribution is 8.16. The van der Waals surface area contributed by atoms with Crippen LogP contribution in [0, 0.1) is 0 Å². The van der Waals surface area contributed by atoms with Crippen LogP contribution in [0.3, 0.4) is 0 Å². The van der Waals surface area contributed by atoms with E-state index in [1.807, 2.05) is 41.5 Å². The van der Waals surface area contributed by atoms with Gasteiger partial charge < -0.3 is 24.4 Å². The van der Waals surface area contributed by atoms with Crippen LogP contribution >= 0.6 is 11.8 Å². The summed E-state index contributed by atoms with van der Waals surface area (Å²) < 4.78 is 16.3. The smallest absolute Gasteiger partial charge is 0.338 e. The van der Waals surface area contributed by atoms with Crippen LogP contribution in [0.4, 0.5) is 0 Å². The van der Waals surface area contributed by atoms with Gasteiger partial charge in [-0.05, 0) is 49.8 Å². The van der Waals surface area contributed by atoms with Crippen molar-refractivity contribution in [2.24, 2.45) is 4.99 Å². The molecule has 4 rings (SSSR count). The number of aliphatic imine (C=N–C) groups is 1. The highest BCUT2D eigenvalue weighted by Crippen LogP contribution is 2.45. The molecule has 0 aliphatic carbocycles. The van der Waals surface area contributed by atoms with Crippen molar-refractivity contribution in [3.8, 4) is 5.75 Å². The summed E-state index contributed by atoms with van der Waals surface area (Å²) in [7, 11) is 1.61. The van der Waals surface area contributed by atoms with Crippen molar-refractivity contribution in [2.45, 2.75) is 45.3 Å². The zero-order valence-electron chi connectivity index (χ0n) is 19.1. The number of amidine groups is 1. The minimum Gasteiger partial charge on any atom is -0.497 e. The molecule has 8 nitrogen and oxygen atoms in total. The number of rotatable bonds is 8. The van der Waals surface area contributed by atoms with Crippen LogP contribution in [0.2, 0.25) is 0 Å². The molecule has 3 heterocycles. The molecule has 176 valence electrons. The predicted molar refractivity (Wildman–Crippen MR) is 127 cm³/mol. The zero-order chi connectivity index (χ0) is 23.4. The average Bonchev–Trinajstić information content (AvgIpc) is 3.47. The first-order valence-electron chi connectivity index (χ1n) is 11.2. The van der Waals surface area contributed by atoms with Gasteiger partial charge in [0.1, 0.15) is 5.75 Å². The van der Waals surface area contributed by atoms with Crippen molar-refractivity contribution in [3.05, 3.63) is 52.2 Å². The number of nitrogens with one attached hydrogen (secondary N) is 1. The molecule has 3 aliphatic heterocycles. The van der Waals surface area contributed by atoms with Crippen molar-refractivity contribution in [1.82, 2.24) is 10.2 Å². The highest BCUT2D eigenvalue weighted by Gasteiger charge is 2.41. The predicted octanol–water partition coefficient (Wildman–Crippen LogP) is 3.52. The van der Waals surface area contributed by atoms with Gasteiger partial charge in [-0.2, -0.15) is 0 Å². The molecule has 1 saturated heterocycles. The first-order chi connectivity index (χ1) is 16.0. The second-order valence-corrected chi connectivity index (χ2v) is 8.84. The van der Waals surface area contributed by atoms with E-state index < -0.39 is 12.0 Å². The number of methoxy groups -OCH3 is 1. The van der Waals surface area contributed by atoms with Gasteiger partial charge in [0, 0.05) is 18.8 Å². The summed E-state index contributed by atoms with van der Waals surface area (Å²) in [6, 6.07) is 7.13. The van der Waals surface area contributed by atoms with Crippen LogP contribution in [-0.4, -0.2) is 54.9 Å². The molecule has 0 aromatic heterocycles. The topological polar surface area (TPSA) is 89.5 Å². The minimum absolute atomic E-state index is 0.0843. The van der Waals surface area contributed by atoms with E-state index in [0.29, 0.717) is 17.8 Å². The zero-order valence-corrected chi connectivity index (χ0v) is 19.9. The lowest BCUT2D eigenvalue weighted by Gasteiger charge is -2.36.